The standard InChI is InChI=1S/C14H23N3O3/c1-4-10(5-2)14(19)17-6-11(8-18)12(7-17)13-15-9(3)16-20-13/h10-12,18H,4-8H2,1-3H3/t11-,12+/m0/s1. The maximum Gasteiger partial charge on any atom is 0.231 e. The van der Waals surface area contributed by atoms with Crippen molar-refractivity contribution in [1.82, 2.24) is 15.0 Å². The summed E-state index contributed by atoms with van der Waals surface area (Å²) in [5.74, 6) is 1.28. The molecule has 1 aromatic rings. The van der Waals surface area contributed by atoms with Crippen LogP contribution >= 0.6 is 0 Å². The van der Waals surface area contributed by atoms with Gasteiger partial charge in [-0.25, -0.2) is 0 Å². The maximum absolute atomic E-state index is 12.4. The predicted octanol–water partition coefficient (Wildman–Crippen LogP) is 1.35. The molecule has 2 rings (SSSR count). The van der Waals surface area contributed by atoms with E-state index in [1.54, 1.807) is 6.92 Å². The van der Waals surface area contributed by atoms with Crippen LogP contribution in [0.2, 0.25) is 0 Å². The minimum Gasteiger partial charge on any atom is -0.396 e. The fraction of sp³-hybridized carbons (Fsp3) is 0.786. The van der Waals surface area contributed by atoms with Crippen molar-refractivity contribution in [1.29, 1.82) is 0 Å². The van der Waals surface area contributed by atoms with Crippen molar-refractivity contribution in [2.45, 2.75) is 39.5 Å². The number of aryl methyl sites for hydroxylation is 1. The number of aromatic nitrogens is 2. The molecule has 1 fully saturated rings. The second-order valence-corrected chi connectivity index (χ2v) is 5.49. The van der Waals surface area contributed by atoms with Gasteiger partial charge in [-0.2, -0.15) is 4.98 Å². The lowest BCUT2D eigenvalue weighted by Crippen LogP contribution is -2.34. The van der Waals surface area contributed by atoms with E-state index in [0.29, 0.717) is 24.8 Å². The van der Waals surface area contributed by atoms with E-state index in [-0.39, 0.29) is 30.3 Å². The van der Waals surface area contributed by atoms with Crippen LogP contribution in [0.5, 0.6) is 0 Å². The fourth-order valence-corrected chi connectivity index (χ4v) is 2.88. The number of rotatable bonds is 5. The van der Waals surface area contributed by atoms with Crippen LogP contribution in [0.4, 0.5) is 0 Å². The number of hydrogen-bond donors (Lipinski definition) is 1. The third-order valence-electron chi connectivity index (χ3n) is 4.18. The third-order valence-corrected chi connectivity index (χ3v) is 4.18. The van der Waals surface area contributed by atoms with Gasteiger partial charge in [-0.05, 0) is 19.8 Å². The quantitative estimate of drug-likeness (QED) is 0.881. The number of amides is 1. The summed E-state index contributed by atoms with van der Waals surface area (Å²) < 4.78 is 5.21. The van der Waals surface area contributed by atoms with Gasteiger partial charge < -0.3 is 14.5 Å². The molecule has 0 aliphatic carbocycles. The minimum absolute atomic E-state index is 0.0202. The van der Waals surface area contributed by atoms with E-state index in [1.807, 2.05) is 18.7 Å². The first-order valence-electron chi connectivity index (χ1n) is 7.30. The van der Waals surface area contributed by atoms with Crippen molar-refractivity contribution in [2.24, 2.45) is 11.8 Å². The van der Waals surface area contributed by atoms with E-state index in [0.717, 1.165) is 12.8 Å². The molecule has 0 spiro atoms. The molecule has 0 aromatic carbocycles. The summed E-state index contributed by atoms with van der Waals surface area (Å²) >= 11 is 0. The van der Waals surface area contributed by atoms with Gasteiger partial charge in [-0.3, -0.25) is 4.79 Å². The van der Waals surface area contributed by atoms with Crippen molar-refractivity contribution in [2.75, 3.05) is 19.7 Å². The molecule has 2 heterocycles. The molecule has 0 saturated carbocycles. The Hall–Kier alpha value is -1.43. The number of carbonyl (C=O) groups excluding carboxylic acids is 1. The summed E-state index contributed by atoms with van der Waals surface area (Å²) in [5, 5.41) is 13.3. The Bertz CT molecular complexity index is 456. The SMILES string of the molecule is CCC(CC)C(=O)N1C[C@@H](CO)[C@H](c2nc(C)no2)C1. The van der Waals surface area contributed by atoms with E-state index < -0.39 is 0 Å². The van der Waals surface area contributed by atoms with Gasteiger partial charge in [0, 0.05) is 31.5 Å². The fourth-order valence-electron chi connectivity index (χ4n) is 2.88. The Balaban J connectivity index is 2.11. The average molecular weight is 281 g/mol. The molecule has 112 valence electrons. The Morgan fingerprint density at radius 3 is 2.65 bits per heavy atom. The van der Waals surface area contributed by atoms with Gasteiger partial charge >= 0.3 is 0 Å². The molecule has 20 heavy (non-hydrogen) atoms. The van der Waals surface area contributed by atoms with Crippen LogP contribution in [-0.4, -0.2) is 45.8 Å². The highest BCUT2D eigenvalue weighted by molar-refractivity contribution is 5.79. The first-order valence-corrected chi connectivity index (χ1v) is 7.30. The Morgan fingerprint density at radius 1 is 1.45 bits per heavy atom. The van der Waals surface area contributed by atoms with Gasteiger partial charge in [-0.1, -0.05) is 19.0 Å². The van der Waals surface area contributed by atoms with E-state index in [4.69, 9.17) is 4.52 Å². The minimum atomic E-state index is -0.0560. The van der Waals surface area contributed by atoms with E-state index in [1.165, 1.54) is 0 Å². The second-order valence-electron chi connectivity index (χ2n) is 5.49. The Labute approximate surface area is 119 Å². The van der Waals surface area contributed by atoms with Crippen molar-refractivity contribution >= 4 is 5.91 Å². The van der Waals surface area contributed by atoms with Gasteiger partial charge in [0.15, 0.2) is 5.82 Å². The molecule has 6 nitrogen and oxygen atoms in total. The van der Waals surface area contributed by atoms with Crippen LogP contribution in [0.3, 0.4) is 0 Å². The van der Waals surface area contributed by atoms with E-state index >= 15 is 0 Å². The average Bonchev–Trinajstić information content (AvgIpc) is 3.05. The summed E-state index contributed by atoms with van der Waals surface area (Å²) in [6.45, 7) is 6.98. The highest BCUT2D eigenvalue weighted by atomic mass is 16.5. The Kier molecular flexibility index (Phi) is 4.75. The number of nitrogens with zero attached hydrogens (tertiary/aromatic N) is 3. The number of aliphatic hydroxyl groups is 1. The van der Waals surface area contributed by atoms with Crippen molar-refractivity contribution in [3.05, 3.63) is 11.7 Å². The van der Waals surface area contributed by atoms with Crippen LogP contribution in [0.15, 0.2) is 4.52 Å². The van der Waals surface area contributed by atoms with Gasteiger partial charge in [0.1, 0.15) is 0 Å². The number of carbonyl (C=O) groups is 1. The smallest absolute Gasteiger partial charge is 0.231 e. The number of hydrogen-bond acceptors (Lipinski definition) is 5. The van der Waals surface area contributed by atoms with Crippen molar-refractivity contribution in [3.8, 4) is 0 Å². The van der Waals surface area contributed by atoms with E-state index in [2.05, 4.69) is 10.1 Å². The van der Waals surface area contributed by atoms with Crippen LogP contribution in [0, 0.1) is 18.8 Å². The molecule has 1 aromatic heterocycles. The second kappa shape index (κ2) is 6.35. The molecule has 1 aliphatic rings. The van der Waals surface area contributed by atoms with Crippen LogP contribution in [-0.2, 0) is 4.79 Å². The van der Waals surface area contributed by atoms with Gasteiger partial charge in [0.05, 0.1) is 5.92 Å². The summed E-state index contributed by atoms with van der Waals surface area (Å²) in [4.78, 5) is 18.5. The molecule has 0 radical (unpaired) electrons. The monoisotopic (exact) mass is 281 g/mol. The molecule has 0 bridgehead atoms. The predicted molar refractivity (Wildman–Crippen MR) is 73.0 cm³/mol. The highest BCUT2D eigenvalue weighted by Gasteiger charge is 2.39. The summed E-state index contributed by atoms with van der Waals surface area (Å²) in [6.07, 6.45) is 1.69. The van der Waals surface area contributed by atoms with Crippen molar-refractivity contribution in [3.63, 3.8) is 0 Å². The molecular formula is C14H23N3O3. The zero-order valence-electron chi connectivity index (χ0n) is 12.4. The first kappa shape index (κ1) is 15.0. The topological polar surface area (TPSA) is 79.5 Å². The first-order chi connectivity index (χ1) is 9.60. The van der Waals surface area contributed by atoms with Crippen LogP contribution < -0.4 is 0 Å². The molecular weight excluding hydrogens is 258 g/mol. The summed E-state index contributed by atoms with van der Waals surface area (Å²) in [7, 11) is 0. The molecule has 1 aliphatic heterocycles. The van der Waals surface area contributed by atoms with Crippen LogP contribution in [0.1, 0.15) is 44.3 Å². The van der Waals surface area contributed by atoms with Crippen molar-refractivity contribution < 1.29 is 14.4 Å². The highest BCUT2D eigenvalue weighted by Crippen LogP contribution is 2.32. The van der Waals surface area contributed by atoms with Gasteiger partial charge in [0.2, 0.25) is 11.8 Å². The Morgan fingerprint density at radius 2 is 2.15 bits per heavy atom. The lowest BCUT2D eigenvalue weighted by molar-refractivity contribution is -0.134. The summed E-state index contributed by atoms with van der Waals surface area (Å²) in [5.41, 5.74) is 0. The molecule has 1 saturated heterocycles. The normalized spacial score (nSPS) is 22.8. The largest absolute Gasteiger partial charge is 0.396 e. The zero-order valence-corrected chi connectivity index (χ0v) is 12.4. The van der Waals surface area contributed by atoms with Crippen LogP contribution in [0.25, 0.3) is 0 Å². The number of aliphatic hydroxyl groups excluding tert-OH is 1. The maximum atomic E-state index is 12.4. The molecule has 2 atom stereocenters. The number of likely N-dealkylation sites (tertiary alicyclic amines) is 1. The molecule has 6 heteroatoms. The summed E-state index contributed by atoms with van der Waals surface area (Å²) in [6, 6.07) is 0. The lowest BCUT2D eigenvalue weighted by Gasteiger charge is -2.21. The molecule has 1 amide bonds. The van der Waals surface area contributed by atoms with Gasteiger partial charge in [0.25, 0.3) is 0 Å². The van der Waals surface area contributed by atoms with Gasteiger partial charge in [-0.15, -0.1) is 0 Å². The van der Waals surface area contributed by atoms with E-state index in [9.17, 15) is 9.90 Å². The lowest BCUT2D eigenvalue weighted by atomic mass is 9.97. The zero-order chi connectivity index (χ0) is 14.7. The molecule has 1 N–H and O–H groups in total. The third kappa shape index (κ3) is 2.85. The molecule has 0 unspecified atom stereocenters.